The molecule has 2 rings (SSSR count). The maximum absolute atomic E-state index is 4.29. The predicted octanol–water partition coefficient (Wildman–Crippen LogP) is 5.70. The van der Waals surface area contributed by atoms with Crippen LogP contribution in [0, 0.1) is 12.8 Å². The van der Waals surface area contributed by atoms with Crippen molar-refractivity contribution in [2.75, 3.05) is 0 Å². The molecule has 0 aliphatic heterocycles. The van der Waals surface area contributed by atoms with E-state index in [9.17, 15) is 0 Å². The normalized spacial score (nSPS) is 19.4. The van der Waals surface area contributed by atoms with Gasteiger partial charge in [-0.2, -0.15) is 0 Å². The number of aryl methyl sites for hydroxylation is 1. The van der Waals surface area contributed by atoms with Crippen molar-refractivity contribution >= 4 is 5.57 Å². The van der Waals surface area contributed by atoms with Gasteiger partial charge in [0.05, 0.1) is 0 Å². The zero-order valence-corrected chi connectivity index (χ0v) is 12.4. The summed E-state index contributed by atoms with van der Waals surface area (Å²) < 4.78 is 0. The summed E-state index contributed by atoms with van der Waals surface area (Å²) in [5, 5.41) is 0. The first kappa shape index (κ1) is 13.9. The highest BCUT2D eigenvalue weighted by Gasteiger charge is 2.15. The largest absolute Gasteiger partial charge is 0.0952 e. The lowest BCUT2D eigenvalue weighted by molar-refractivity contribution is 0.577. The number of hydrogen-bond donors (Lipinski definition) is 0. The molecule has 0 saturated carbocycles. The summed E-state index contributed by atoms with van der Waals surface area (Å²) in [7, 11) is 0. The van der Waals surface area contributed by atoms with Gasteiger partial charge in [0, 0.05) is 0 Å². The van der Waals surface area contributed by atoms with E-state index < -0.39 is 0 Å². The van der Waals surface area contributed by atoms with Crippen LogP contribution in [0.3, 0.4) is 0 Å². The first-order valence-electron chi connectivity index (χ1n) is 7.15. The molecule has 0 N–H and O–H groups in total. The van der Waals surface area contributed by atoms with E-state index in [4.69, 9.17) is 0 Å². The van der Waals surface area contributed by atoms with Gasteiger partial charge < -0.3 is 0 Å². The molecule has 0 spiro atoms. The molecule has 1 aromatic rings. The molecule has 0 saturated heterocycles. The Hall–Kier alpha value is -1.56. The van der Waals surface area contributed by atoms with Crippen molar-refractivity contribution in [1.29, 1.82) is 0 Å². The molecule has 0 bridgehead atoms. The number of allylic oxidation sites excluding steroid dienone is 5. The van der Waals surface area contributed by atoms with E-state index in [0.29, 0.717) is 5.92 Å². The molecule has 1 aromatic carbocycles. The van der Waals surface area contributed by atoms with Crippen LogP contribution in [-0.2, 0) is 0 Å². The van der Waals surface area contributed by atoms with Crippen molar-refractivity contribution in [3.63, 3.8) is 0 Å². The van der Waals surface area contributed by atoms with Gasteiger partial charge in [0.2, 0.25) is 0 Å². The van der Waals surface area contributed by atoms with Crippen molar-refractivity contribution in [3.05, 3.63) is 65.3 Å². The zero-order valence-electron chi connectivity index (χ0n) is 12.4. The molecule has 0 amide bonds. The Morgan fingerprint density at radius 2 is 1.79 bits per heavy atom. The number of rotatable bonds is 3. The third-order valence-electron chi connectivity index (χ3n) is 4.11. The van der Waals surface area contributed by atoms with E-state index in [1.54, 1.807) is 0 Å². The molecule has 0 heterocycles. The second-order valence-corrected chi connectivity index (χ2v) is 5.83. The summed E-state index contributed by atoms with van der Waals surface area (Å²) in [6.45, 7) is 10.9. The predicted molar refractivity (Wildman–Crippen MR) is 85.1 cm³/mol. The van der Waals surface area contributed by atoms with E-state index in [1.165, 1.54) is 40.7 Å². The molecule has 19 heavy (non-hydrogen) atoms. The smallest absolute Gasteiger partial charge is 0.0159 e. The first-order valence-corrected chi connectivity index (χ1v) is 7.15. The molecular weight excluding hydrogens is 228 g/mol. The summed E-state index contributed by atoms with van der Waals surface area (Å²) in [6, 6.07) is 8.72. The van der Waals surface area contributed by atoms with Crippen LogP contribution in [0.1, 0.15) is 44.2 Å². The molecule has 1 aliphatic rings. The van der Waals surface area contributed by atoms with Crippen molar-refractivity contribution in [2.24, 2.45) is 5.92 Å². The summed E-state index contributed by atoms with van der Waals surface area (Å²) in [4.78, 5) is 0. The van der Waals surface area contributed by atoms with Gasteiger partial charge in [0.15, 0.2) is 0 Å². The third kappa shape index (κ3) is 3.70. The van der Waals surface area contributed by atoms with E-state index in [0.717, 1.165) is 6.42 Å². The Kier molecular flexibility index (Phi) is 4.42. The standard InChI is InChI=1S/C19H24/c1-14-5-9-16(3)19(12-8-14)13-17(4)18-10-6-15(2)7-11-18/h5-7,9-11,19H,4,8,12-13H2,1-3H3. The van der Waals surface area contributed by atoms with Crippen molar-refractivity contribution in [2.45, 2.75) is 40.0 Å². The van der Waals surface area contributed by atoms with E-state index in [-0.39, 0.29) is 0 Å². The second-order valence-electron chi connectivity index (χ2n) is 5.83. The summed E-state index contributed by atoms with van der Waals surface area (Å²) in [6.07, 6.45) is 8.08. The minimum Gasteiger partial charge on any atom is -0.0952 e. The Morgan fingerprint density at radius 3 is 2.47 bits per heavy atom. The average molecular weight is 252 g/mol. The van der Waals surface area contributed by atoms with Crippen LogP contribution in [0.5, 0.6) is 0 Å². The fourth-order valence-corrected chi connectivity index (χ4v) is 2.59. The molecule has 1 unspecified atom stereocenters. The van der Waals surface area contributed by atoms with Gasteiger partial charge in [0.1, 0.15) is 0 Å². The Bertz CT molecular complexity index is 511. The average Bonchev–Trinajstić information content (AvgIpc) is 2.55. The highest BCUT2D eigenvalue weighted by molar-refractivity contribution is 5.64. The van der Waals surface area contributed by atoms with Gasteiger partial charge in [-0.15, -0.1) is 0 Å². The van der Waals surface area contributed by atoms with Gasteiger partial charge in [-0.05, 0) is 57.1 Å². The van der Waals surface area contributed by atoms with Crippen LogP contribution < -0.4 is 0 Å². The molecule has 100 valence electrons. The monoisotopic (exact) mass is 252 g/mol. The maximum Gasteiger partial charge on any atom is -0.0159 e. The lowest BCUT2D eigenvalue weighted by Gasteiger charge is -2.18. The highest BCUT2D eigenvalue weighted by Crippen LogP contribution is 2.31. The minimum atomic E-state index is 0.641. The third-order valence-corrected chi connectivity index (χ3v) is 4.11. The quantitative estimate of drug-likeness (QED) is 0.647. The minimum absolute atomic E-state index is 0.641. The summed E-state index contributed by atoms with van der Waals surface area (Å²) in [5.41, 5.74) is 6.83. The lowest BCUT2D eigenvalue weighted by Crippen LogP contribution is -2.02. The second kappa shape index (κ2) is 6.06. The van der Waals surface area contributed by atoms with Crippen LogP contribution in [0.4, 0.5) is 0 Å². The number of benzene rings is 1. The van der Waals surface area contributed by atoms with E-state index in [1.807, 2.05) is 0 Å². The van der Waals surface area contributed by atoms with E-state index >= 15 is 0 Å². The Balaban J connectivity index is 2.05. The maximum atomic E-state index is 4.29. The molecule has 0 aromatic heterocycles. The van der Waals surface area contributed by atoms with Crippen LogP contribution in [0.15, 0.2) is 54.1 Å². The van der Waals surface area contributed by atoms with Crippen molar-refractivity contribution < 1.29 is 0 Å². The van der Waals surface area contributed by atoms with E-state index in [2.05, 4.69) is 63.8 Å². The fraction of sp³-hybridized carbons (Fsp3) is 0.368. The molecule has 0 radical (unpaired) electrons. The fourth-order valence-electron chi connectivity index (χ4n) is 2.59. The van der Waals surface area contributed by atoms with Gasteiger partial charge in [-0.1, -0.05) is 59.7 Å². The van der Waals surface area contributed by atoms with Crippen molar-refractivity contribution in [1.82, 2.24) is 0 Å². The SMILES string of the molecule is C=C(CC1CCC(C)=CC=C1C)c1ccc(C)cc1. The summed E-state index contributed by atoms with van der Waals surface area (Å²) >= 11 is 0. The summed E-state index contributed by atoms with van der Waals surface area (Å²) in [5.74, 6) is 0.641. The van der Waals surface area contributed by atoms with Gasteiger partial charge >= 0.3 is 0 Å². The van der Waals surface area contributed by atoms with Gasteiger partial charge in [0.25, 0.3) is 0 Å². The van der Waals surface area contributed by atoms with Crippen LogP contribution in [0.2, 0.25) is 0 Å². The highest BCUT2D eigenvalue weighted by atomic mass is 14.2. The molecule has 0 fully saturated rings. The van der Waals surface area contributed by atoms with Gasteiger partial charge in [-0.25, -0.2) is 0 Å². The number of hydrogen-bond acceptors (Lipinski definition) is 0. The Labute approximate surface area is 117 Å². The zero-order chi connectivity index (χ0) is 13.8. The van der Waals surface area contributed by atoms with Crippen LogP contribution in [-0.4, -0.2) is 0 Å². The first-order chi connectivity index (χ1) is 9.06. The van der Waals surface area contributed by atoms with Crippen LogP contribution >= 0.6 is 0 Å². The van der Waals surface area contributed by atoms with Crippen LogP contribution in [0.25, 0.3) is 5.57 Å². The molecule has 1 atom stereocenters. The molecular formula is C19H24. The molecule has 0 nitrogen and oxygen atoms in total. The lowest BCUT2D eigenvalue weighted by atomic mass is 9.87. The topological polar surface area (TPSA) is 0 Å². The van der Waals surface area contributed by atoms with Gasteiger partial charge in [-0.3, -0.25) is 0 Å². The molecule has 0 heteroatoms. The Morgan fingerprint density at radius 1 is 1.11 bits per heavy atom. The molecule has 1 aliphatic carbocycles. The van der Waals surface area contributed by atoms with Crippen molar-refractivity contribution in [3.8, 4) is 0 Å².